The first kappa shape index (κ1) is 33.5. The quantitative estimate of drug-likeness (QED) is 0.0669. The first-order chi connectivity index (χ1) is 22.8. The van der Waals surface area contributed by atoms with Crippen LogP contribution in [0.2, 0.25) is 0 Å². The lowest BCUT2D eigenvalue weighted by Crippen LogP contribution is -2.42. The molecule has 2 N–H and O–H groups in total. The number of nitrogens with one attached hydrogen (secondary N) is 2. The van der Waals surface area contributed by atoms with Gasteiger partial charge in [0.15, 0.2) is 11.6 Å². The zero-order valence-electron chi connectivity index (χ0n) is 25.5. The van der Waals surface area contributed by atoms with Crippen LogP contribution in [-0.2, 0) is 11.4 Å². The average molecular weight is 667 g/mol. The summed E-state index contributed by atoms with van der Waals surface area (Å²) in [5.41, 5.74) is 0.216. The summed E-state index contributed by atoms with van der Waals surface area (Å²) in [6, 6.07) is 11.2. The van der Waals surface area contributed by atoms with Gasteiger partial charge < -0.3 is 30.0 Å². The van der Waals surface area contributed by atoms with Crippen molar-refractivity contribution in [2.45, 2.75) is 19.2 Å². The predicted molar refractivity (Wildman–Crippen MR) is 167 cm³/mol. The molecule has 1 amide bonds. The molecule has 0 bridgehead atoms. The van der Waals surface area contributed by atoms with E-state index in [1.165, 1.54) is 42.9 Å². The van der Waals surface area contributed by atoms with Crippen LogP contribution < -0.4 is 15.4 Å². The van der Waals surface area contributed by atoms with E-state index in [1.54, 1.807) is 44.6 Å². The molecular weight excluding hydrogens is 638 g/mol. The molecule has 0 atom stereocenters. The average Bonchev–Trinajstić information content (AvgIpc) is 3.45. The van der Waals surface area contributed by atoms with Crippen LogP contribution >= 0.6 is 0 Å². The van der Waals surface area contributed by atoms with E-state index in [4.69, 9.17) is 4.74 Å². The fourth-order valence-corrected chi connectivity index (χ4v) is 4.78. The fraction of sp³-hybridized carbons (Fsp3) is 0.226. The highest BCUT2D eigenvalue weighted by Crippen LogP contribution is 2.31. The van der Waals surface area contributed by atoms with Gasteiger partial charge in [0, 0.05) is 29.4 Å². The summed E-state index contributed by atoms with van der Waals surface area (Å²) in [6.07, 6.45) is 1.64. The minimum Gasteiger partial charge on any atom is -0.484 e. The lowest BCUT2D eigenvalue weighted by molar-refractivity contribution is -0.880. The van der Waals surface area contributed by atoms with Gasteiger partial charge >= 0.3 is 12.0 Å². The Labute approximate surface area is 270 Å². The van der Waals surface area contributed by atoms with Crippen molar-refractivity contribution in [1.82, 2.24) is 19.9 Å². The van der Waals surface area contributed by atoms with E-state index in [9.17, 15) is 32.5 Å². The summed E-state index contributed by atoms with van der Waals surface area (Å²) in [5, 5.41) is 17.4. The maximum Gasteiger partial charge on any atom is 0.454 e. The number of carbonyl (C=O) groups is 1. The van der Waals surface area contributed by atoms with E-state index >= 15 is 0 Å². The van der Waals surface area contributed by atoms with Crippen LogP contribution in [0.5, 0.6) is 5.75 Å². The topological polar surface area (TPSA) is 157 Å². The summed E-state index contributed by atoms with van der Waals surface area (Å²) in [4.78, 5) is 43.0. The second kappa shape index (κ2) is 13.9. The maximum atomic E-state index is 14.8. The largest absolute Gasteiger partial charge is 0.484 e. The third kappa shape index (κ3) is 8.49. The zero-order valence-corrected chi connectivity index (χ0v) is 25.5. The Balaban J connectivity index is 1.21. The number of hydrogen-bond donors (Lipinski definition) is 2. The highest BCUT2D eigenvalue weighted by atomic mass is 19.4. The summed E-state index contributed by atoms with van der Waals surface area (Å²) in [7, 11) is 3.32. The molecule has 248 valence electrons. The van der Waals surface area contributed by atoms with Crippen LogP contribution in [0.1, 0.15) is 12.1 Å². The Morgan fingerprint density at radius 3 is 2.65 bits per heavy atom. The Bertz CT molecular complexity index is 1950. The van der Waals surface area contributed by atoms with Gasteiger partial charge in [0.25, 0.3) is 0 Å². The lowest BCUT2D eigenvalue weighted by atomic mass is 10.1. The summed E-state index contributed by atoms with van der Waals surface area (Å²) >= 11 is 0. The number of quaternary nitrogens is 1. The highest BCUT2D eigenvalue weighted by Gasteiger charge is 2.47. The molecule has 3 aromatic heterocycles. The van der Waals surface area contributed by atoms with Crippen molar-refractivity contribution in [3.63, 3.8) is 0 Å². The van der Waals surface area contributed by atoms with Crippen LogP contribution in [0, 0.1) is 15.9 Å². The van der Waals surface area contributed by atoms with Crippen molar-refractivity contribution < 1.29 is 36.5 Å². The van der Waals surface area contributed by atoms with Crippen LogP contribution in [0.4, 0.5) is 34.9 Å². The van der Waals surface area contributed by atoms with E-state index < -0.39 is 40.8 Å². The minimum absolute atomic E-state index is 0.0234. The molecular formula is C31H28F4N9O4+. The molecule has 5 rings (SSSR count). The van der Waals surface area contributed by atoms with Crippen LogP contribution in [0.15, 0.2) is 89.7 Å². The Kier molecular flexibility index (Phi) is 9.69. The number of likely N-dealkylation sites (N-methyl/N-ethyl adjacent to an activating group) is 1. The highest BCUT2D eigenvalue weighted by molar-refractivity contribution is 6.00. The van der Waals surface area contributed by atoms with E-state index in [2.05, 4.69) is 35.6 Å². The number of alkyl halides is 3. The second-order valence-electron chi connectivity index (χ2n) is 11.3. The van der Waals surface area contributed by atoms with Gasteiger partial charge in [-0.3, -0.25) is 9.78 Å². The molecule has 1 aliphatic rings. The van der Waals surface area contributed by atoms with Crippen molar-refractivity contribution >= 4 is 39.8 Å². The Morgan fingerprint density at radius 1 is 1.12 bits per heavy atom. The van der Waals surface area contributed by atoms with Gasteiger partial charge in [-0.1, -0.05) is 6.07 Å². The minimum atomic E-state index is -4.77. The number of ether oxygens (including phenoxy) is 1. The number of nitrogens with zero attached hydrogens (tertiary/aromatic N) is 7. The Hall–Kier alpha value is -5.84. The van der Waals surface area contributed by atoms with Crippen molar-refractivity contribution in [1.29, 1.82) is 0 Å². The van der Waals surface area contributed by atoms with Gasteiger partial charge in [0.1, 0.15) is 31.1 Å². The molecule has 0 aliphatic carbocycles. The number of nitro groups is 1. The molecule has 0 radical (unpaired) electrons. The number of aromatic nitrogens is 4. The summed E-state index contributed by atoms with van der Waals surface area (Å²) < 4.78 is 59.7. The van der Waals surface area contributed by atoms with Crippen LogP contribution in [0.25, 0.3) is 10.9 Å². The first-order valence-corrected chi connectivity index (χ1v) is 14.3. The van der Waals surface area contributed by atoms with Crippen molar-refractivity contribution in [2.24, 2.45) is 4.99 Å². The Morgan fingerprint density at radius 2 is 1.94 bits per heavy atom. The van der Waals surface area contributed by atoms with Gasteiger partial charge in [-0.05, 0) is 46.3 Å². The number of halogens is 4. The van der Waals surface area contributed by atoms with Gasteiger partial charge in [-0.2, -0.15) is 13.2 Å². The number of aliphatic imine (C=N–C) groups is 1. The number of pyridine rings is 2. The third-order valence-electron chi connectivity index (χ3n) is 7.00. The van der Waals surface area contributed by atoms with E-state index in [-0.39, 0.29) is 41.3 Å². The first-order valence-electron chi connectivity index (χ1n) is 14.3. The number of fused-ring (bicyclic) bond motifs is 1. The number of rotatable bonds is 12. The summed E-state index contributed by atoms with van der Waals surface area (Å²) in [6.45, 7) is 0.178. The molecule has 17 heteroatoms. The molecule has 48 heavy (non-hydrogen) atoms. The number of anilines is 3. The molecule has 1 aromatic carbocycles. The smallest absolute Gasteiger partial charge is 0.454 e. The molecule has 4 heterocycles. The SMILES string of the molecule is C[N+](C)(C/C=C/C(=O)Nc1cc2c(Nc3ccc(OCc4ccccn4)c(F)c3)ncnc2cn1)CC1=C([N+](=O)[O-])N=C(C(F)(F)F)C1. The van der Waals surface area contributed by atoms with Gasteiger partial charge in [0.05, 0.1) is 50.0 Å². The van der Waals surface area contributed by atoms with E-state index in [0.717, 1.165) is 0 Å². The summed E-state index contributed by atoms with van der Waals surface area (Å²) in [5.74, 6) is -1.42. The molecule has 0 spiro atoms. The van der Waals surface area contributed by atoms with Crippen molar-refractivity contribution in [3.8, 4) is 5.75 Å². The monoisotopic (exact) mass is 666 g/mol. The van der Waals surface area contributed by atoms with E-state index in [1.807, 2.05) is 0 Å². The normalized spacial score (nSPS) is 13.6. The van der Waals surface area contributed by atoms with Crippen molar-refractivity contribution in [2.75, 3.05) is 37.8 Å². The van der Waals surface area contributed by atoms with Gasteiger partial charge in [-0.25, -0.2) is 19.3 Å². The van der Waals surface area contributed by atoms with Gasteiger partial charge in [-0.15, -0.1) is 0 Å². The van der Waals surface area contributed by atoms with Crippen molar-refractivity contribution in [3.05, 3.63) is 106 Å². The third-order valence-corrected chi connectivity index (χ3v) is 7.00. The number of hydrogen-bond acceptors (Lipinski definition) is 10. The molecule has 13 nitrogen and oxygen atoms in total. The maximum absolute atomic E-state index is 14.8. The molecule has 0 saturated heterocycles. The molecule has 0 fully saturated rings. The van der Waals surface area contributed by atoms with Crippen LogP contribution in [-0.4, -0.2) is 74.3 Å². The molecule has 1 aliphatic heterocycles. The van der Waals surface area contributed by atoms with Crippen LogP contribution in [0.3, 0.4) is 0 Å². The fourth-order valence-electron chi connectivity index (χ4n) is 4.78. The zero-order chi connectivity index (χ0) is 34.5. The van der Waals surface area contributed by atoms with E-state index in [0.29, 0.717) is 28.1 Å². The number of benzene rings is 1. The molecule has 0 unspecified atom stereocenters. The number of amides is 1. The lowest BCUT2D eigenvalue weighted by Gasteiger charge is -2.28. The second-order valence-corrected chi connectivity index (χ2v) is 11.3. The molecule has 0 saturated carbocycles. The molecule has 4 aromatic rings. The number of carbonyl (C=O) groups excluding carboxylic acids is 1. The standard InChI is InChI=1S/C31H27F4N9O4/c1-44(2,16-19-12-26(31(33,34)35)41-30(19)43(46)47)11-5-7-28(45)42-27-14-22-24(15-37-27)38-18-39-29(22)40-20-8-9-25(23(32)13-20)48-17-21-6-3-4-10-36-21/h3-10,13-15,18H,11-12,16-17H2,1-2H3,(H-,37,38,39,40,42,45)/p+1/b7-5+. The predicted octanol–water partition coefficient (Wildman–Crippen LogP) is 5.35. The van der Waals surface area contributed by atoms with Gasteiger partial charge in [0.2, 0.25) is 11.6 Å².